The molecule has 0 bridgehead atoms. The number of hydrogen-bond acceptors (Lipinski definition) is 8. The molecule has 2 aromatic rings. The van der Waals surface area contributed by atoms with Crippen molar-refractivity contribution in [3.05, 3.63) is 70.3 Å². The van der Waals surface area contributed by atoms with Crippen molar-refractivity contribution < 1.29 is 38.7 Å². The third-order valence-electron chi connectivity index (χ3n) is 5.84. The van der Waals surface area contributed by atoms with Gasteiger partial charge in [0.05, 0.1) is 4.92 Å². The Morgan fingerprint density at radius 1 is 0.947 bits per heavy atom. The number of piperazine rings is 1. The number of nitrogens with one attached hydrogen (secondary N) is 1. The van der Waals surface area contributed by atoms with Crippen molar-refractivity contribution in [3.8, 4) is 5.75 Å². The summed E-state index contributed by atoms with van der Waals surface area (Å²) < 4.78 is 10.4. The number of alkyl carbamates (subject to hydrolysis) is 1. The zero-order valence-electron chi connectivity index (χ0n) is 20.5. The molecule has 0 aromatic heterocycles. The summed E-state index contributed by atoms with van der Waals surface area (Å²) in [5.41, 5.74) is 0.665. The minimum atomic E-state index is -1.29. The van der Waals surface area contributed by atoms with Crippen LogP contribution in [0.25, 0.3) is 0 Å². The van der Waals surface area contributed by atoms with Crippen LogP contribution in [0.4, 0.5) is 10.5 Å². The number of hydrogen-bond donors (Lipinski definition) is 2. The van der Waals surface area contributed by atoms with Crippen LogP contribution in [0.5, 0.6) is 5.75 Å². The standard InChI is InChI=1S/C25H28N4O9/c30-22(11-10-21(24(32)33)26-25(34)38-16-18-4-2-1-3-5-18)27-12-14-28(15-13-27)23(31)17-37-20-8-6-19(7-9-20)29(35)36/h1-9,21H,10-17H2,(H,26,34)(H,32,33)/t21-/m0/s1. The molecule has 0 spiro atoms. The van der Waals surface area contributed by atoms with Gasteiger partial charge in [-0.1, -0.05) is 30.3 Å². The maximum atomic E-state index is 12.6. The number of carbonyl (C=O) groups is 4. The zero-order chi connectivity index (χ0) is 27.5. The minimum absolute atomic E-state index is 0.0140. The van der Waals surface area contributed by atoms with Gasteiger partial charge in [0, 0.05) is 44.7 Å². The van der Waals surface area contributed by atoms with E-state index < -0.39 is 23.0 Å². The van der Waals surface area contributed by atoms with Gasteiger partial charge in [0.15, 0.2) is 6.61 Å². The highest BCUT2D eigenvalue weighted by atomic mass is 16.6. The first-order valence-electron chi connectivity index (χ1n) is 11.9. The lowest BCUT2D eigenvalue weighted by Gasteiger charge is -2.35. The molecule has 1 aliphatic rings. The number of carbonyl (C=O) groups excluding carboxylic acids is 3. The number of nitro groups is 1. The van der Waals surface area contributed by atoms with Crippen molar-refractivity contribution in [1.29, 1.82) is 0 Å². The summed E-state index contributed by atoms with van der Waals surface area (Å²) in [5.74, 6) is -1.54. The van der Waals surface area contributed by atoms with Gasteiger partial charge in [-0.25, -0.2) is 9.59 Å². The van der Waals surface area contributed by atoms with Crippen LogP contribution in [0.15, 0.2) is 54.6 Å². The number of carboxylic acids is 1. The lowest BCUT2D eigenvalue weighted by atomic mass is 10.1. The maximum absolute atomic E-state index is 12.6. The Hall–Kier alpha value is -4.68. The molecule has 0 aliphatic carbocycles. The largest absolute Gasteiger partial charge is 0.484 e. The molecule has 3 rings (SSSR count). The predicted molar refractivity (Wildman–Crippen MR) is 132 cm³/mol. The number of aliphatic carboxylic acids is 1. The van der Waals surface area contributed by atoms with Crippen molar-refractivity contribution in [3.63, 3.8) is 0 Å². The van der Waals surface area contributed by atoms with E-state index >= 15 is 0 Å². The molecule has 2 aromatic carbocycles. The van der Waals surface area contributed by atoms with Crippen LogP contribution in [0.2, 0.25) is 0 Å². The molecule has 1 heterocycles. The first-order chi connectivity index (χ1) is 18.2. The fourth-order valence-corrected chi connectivity index (χ4v) is 3.70. The molecule has 1 fully saturated rings. The fraction of sp³-hybridized carbons (Fsp3) is 0.360. The molecule has 0 radical (unpaired) electrons. The molecule has 0 unspecified atom stereocenters. The van der Waals surface area contributed by atoms with Gasteiger partial charge in [0.25, 0.3) is 11.6 Å². The molecule has 0 saturated carbocycles. The second-order valence-corrected chi connectivity index (χ2v) is 8.44. The zero-order valence-corrected chi connectivity index (χ0v) is 20.5. The number of ether oxygens (including phenoxy) is 2. The molecular formula is C25H28N4O9. The van der Waals surface area contributed by atoms with Crippen LogP contribution in [0.1, 0.15) is 18.4 Å². The quantitative estimate of drug-likeness (QED) is 0.326. The van der Waals surface area contributed by atoms with E-state index in [9.17, 15) is 34.4 Å². The summed E-state index contributed by atoms with van der Waals surface area (Å²) in [4.78, 5) is 61.8. The van der Waals surface area contributed by atoms with Gasteiger partial charge in [-0.05, 0) is 24.1 Å². The van der Waals surface area contributed by atoms with Crippen molar-refractivity contribution in [1.82, 2.24) is 15.1 Å². The number of nitro benzene ring substituents is 1. The molecule has 38 heavy (non-hydrogen) atoms. The summed E-state index contributed by atoms with van der Waals surface area (Å²) >= 11 is 0. The average molecular weight is 529 g/mol. The van der Waals surface area contributed by atoms with E-state index in [0.29, 0.717) is 5.75 Å². The highest BCUT2D eigenvalue weighted by Gasteiger charge is 2.27. The van der Waals surface area contributed by atoms with Crippen molar-refractivity contribution in [2.24, 2.45) is 0 Å². The summed E-state index contributed by atoms with van der Waals surface area (Å²) in [6, 6.07) is 13.0. The van der Waals surface area contributed by atoms with E-state index in [4.69, 9.17) is 9.47 Å². The number of non-ortho nitro benzene ring substituents is 1. The number of rotatable bonds is 11. The van der Waals surface area contributed by atoms with Crippen LogP contribution < -0.4 is 10.1 Å². The molecule has 2 N–H and O–H groups in total. The average Bonchev–Trinajstić information content (AvgIpc) is 2.93. The molecule has 1 atom stereocenters. The second kappa shape index (κ2) is 13.6. The summed E-state index contributed by atoms with van der Waals surface area (Å²) in [7, 11) is 0. The predicted octanol–water partition coefficient (Wildman–Crippen LogP) is 1.80. The third kappa shape index (κ3) is 8.47. The number of benzene rings is 2. The van der Waals surface area contributed by atoms with E-state index in [2.05, 4.69) is 5.32 Å². The van der Waals surface area contributed by atoms with Crippen LogP contribution >= 0.6 is 0 Å². The van der Waals surface area contributed by atoms with Gasteiger partial charge in [-0.15, -0.1) is 0 Å². The van der Waals surface area contributed by atoms with E-state index in [1.807, 2.05) is 6.07 Å². The van der Waals surface area contributed by atoms with Crippen molar-refractivity contribution in [2.45, 2.75) is 25.5 Å². The van der Waals surface area contributed by atoms with E-state index in [0.717, 1.165) is 5.56 Å². The SMILES string of the molecule is O=C(N[C@@H](CCC(=O)N1CCN(C(=O)COc2ccc([N+](=O)[O-])cc2)CC1)C(=O)O)OCc1ccccc1. The maximum Gasteiger partial charge on any atom is 0.408 e. The molecular weight excluding hydrogens is 500 g/mol. The second-order valence-electron chi connectivity index (χ2n) is 8.44. The normalized spacial score (nSPS) is 13.8. The van der Waals surface area contributed by atoms with Crippen molar-refractivity contribution >= 4 is 29.6 Å². The minimum Gasteiger partial charge on any atom is -0.484 e. The van der Waals surface area contributed by atoms with Gasteiger partial charge in [-0.2, -0.15) is 0 Å². The molecule has 1 saturated heterocycles. The highest BCUT2D eigenvalue weighted by Crippen LogP contribution is 2.17. The van der Waals surface area contributed by atoms with Gasteiger partial charge in [0.2, 0.25) is 5.91 Å². The Morgan fingerprint density at radius 3 is 2.13 bits per heavy atom. The highest BCUT2D eigenvalue weighted by molar-refractivity contribution is 5.82. The van der Waals surface area contributed by atoms with E-state index in [1.54, 1.807) is 29.2 Å². The van der Waals surface area contributed by atoms with Crippen LogP contribution in [0, 0.1) is 10.1 Å². The molecule has 13 heteroatoms. The number of carboxylic acid groups (broad SMARTS) is 1. The molecule has 3 amide bonds. The topological polar surface area (TPSA) is 169 Å². The van der Waals surface area contributed by atoms with Crippen LogP contribution in [-0.2, 0) is 25.7 Å². The summed E-state index contributed by atoms with van der Waals surface area (Å²) in [5, 5.41) is 22.4. The Kier molecular flexibility index (Phi) is 9.97. The third-order valence-corrected chi connectivity index (χ3v) is 5.84. The Morgan fingerprint density at radius 2 is 1.55 bits per heavy atom. The van der Waals surface area contributed by atoms with Crippen LogP contribution in [-0.4, -0.2) is 82.5 Å². The molecule has 202 valence electrons. The number of nitrogens with zero attached hydrogens (tertiary/aromatic N) is 3. The fourth-order valence-electron chi connectivity index (χ4n) is 3.70. The van der Waals surface area contributed by atoms with Gasteiger partial charge >= 0.3 is 12.1 Å². The van der Waals surface area contributed by atoms with Gasteiger partial charge in [0.1, 0.15) is 18.4 Å². The number of amides is 3. The lowest BCUT2D eigenvalue weighted by Crippen LogP contribution is -2.52. The first-order valence-corrected chi connectivity index (χ1v) is 11.9. The summed E-state index contributed by atoms with van der Waals surface area (Å²) in [6.45, 7) is 0.831. The van der Waals surface area contributed by atoms with E-state index in [-0.39, 0.29) is 69.7 Å². The Labute approximate surface area is 218 Å². The van der Waals surface area contributed by atoms with Gasteiger partial charge in [-0.3, -0.25) is 19.7 Å². The molecule has 13 nitrogen and oxygen atoms in total. The summed E-state index contributed by atoms with van der Waals surface area (Å²) in [6.07, 6.45) is -1.11. The van der Waals surface area contributed by atoms with Crippen molar-refractivity contribution in [2.75, 3.05) is 32.8 Å². The Balaban J connectivity index is 1.37. The first kappa shape index (κ1) is 27.9. The smallest absolute Gasteiger partial charge is 0.408 e. The molecule has 1 aliphatic heterocycles. The monoisotopic (exact) mass is 528 g/mol. The van der Waals surface area contributed by atoms with E-state index in [1.165, 1.54) is 29.2 Å². The van der Waals surface area contributed by atoms with Gasteiger partial charge < -0.3 is 29.7 Å². The van der Waals surface area contributed by atoms with Crippen LogP contribution in [0.3, 0.4) is 0 Å². The Bertz CT molecular complexity index is 1130. The lowest BCUT2D eigenvalue weighted by molar-refractivity contribution is -0.384.